The summed E-state index contributed by atoms with van der Waals surface area (Å²) >= 11 is 0. The lowest BCUT2D eigenvalue weighted by Gasteiger charge is -2.37. The zero-order valence-corrected chi connectivity index (χ0v) is 16.4. The smallest absolute Gasteiger partial charge is 0.312 e. The molecule has 7 nitrogen and oxygen atoms in total. The maximum absolute atomic E-state index is 13.1. The van der Waals surface area contributed by atoms with E-state index in [1.165, 1.54) is 21.9 Å². The Kier molecular flexibility index (Phi) is 6.21. The van der Waals surface area contributed by atoms with E-state index in [0.29, 0.717) is 18.8 Å². The molecule has 0 spiro atoms. The summed E-state index contributed by atoms with van der Waals surface area (Å²) in [6.45, 7) is 4.45. The number of aromatic nitrogens is 1. The Morgan fingerprint density at radius 2 is 1.86 bits per heavy atom. The number of nitrogens with one attached hydrogen (secondary N) is 1. The van der Waals surface area contributed by atoms with Crippen LogP contribution in [0.5, 0.6) is 0 Å². The van der Waals surface area contributed by atoms with Crippen LogP contribution in [0.3, 0.4) is 0 Å². The molecule has 0 bridgehead atoms. The molecule has 1 saturated heterocycles. The van der Waals surface area contributed by atoms with Gasteiger partial charge in [-0.05, 0) is 42.7 Å². The van der Waals surface area contributed by atoms with Crippen LogP contribution in [0.4, 0.5) is 10.2 Å². The van der Waals surface area contributed by atoms with E-state index in [9.17, 15) is 18.8 Å². The SMILES string of the molecule is CC[C@H](C(=O)Nc1ccc(C)cn1)N1CCN(Cc2ccc(F)cc2)C(=O)C1=O. The maximum atomic E-state index is 13.1. The Labute approximate surface area is 168 Å². The van der Waals surface area contributed by atoms with Gasteiger partial charge < -0.3 is 15.1 Å². The lowest BCUT2D eigenvalue weighted by molar-refractivity contribution is -0.159. The standard InChI is InChI=1S/C21H23FN4O3/c1-3-17(19(27)24-18-9-4-14(2)12-23-18)26-11-10-25(20(28)21(26)29)13-15-5-7-16(22)8-6-15/h4-9,12,17H,3,10-11,13H2,1-2H3,(H,23,24,27)/t17-/m1/s1. The third kappa shape index (κ3) is 4.77. The van der Waals surface area contributed by atoms with Gasteiger partial charge in [0.25, 0.3) is 0 Å². The van der Waals surface area contributed by atoms with Crippen LogP contribution in [-0.2, 0) is 20.9 Å². The van der Waals surface area contributed by atoms with Crippen molar-refractivity contribution in [2.75, 3.05) is 18.4 Å². The first-order chi connectivity index (χ1) is 13.9. The van der Waals surface area contributed by atoms with E-state index < -0.39 is 17.9 Å². The molecule has 1 atom stereocenters. The molecule has 29 heavy (non-hydrogen) atoms. The van der Waals surface area contributed by atoms with Gasteiger partial charge in [-0.25, -0.2) is 9.37 Å². The summed E-state index contributed by atoms with van der Waals surface area (Å²) in [5.41, 5.74) is 1.70. The fraction of sp³-hybridized carbons (Fsp3) is 0.333. The average Bonchev–Trinajstić information content (AvgIpc) is 2.71. The molecular weight excluding hydrogens is 375 g/mol. The minimum absolute atomic E-state index is 0.217. The van der Waals surface area contributed by atoms with Crippen LogP contribution in [0.25, 0.3) is 0 Å². The first-order valence-corrected chi connectivity index (χ1v) is 9.47. The number of benzene rings is 1. The van der Waals surface area contributed by atoms with Gasteiger partial charge >= 0.3 is 11.8 Å². The van der Waals surface area contributed by atoms with Crippen molar-refractivity contribution in [1.82, 2.24) is 14.8 Å². The normalized spacial score (nSPS) is 15.4. The van der Waals surface area contributed by atoms with Gasteiger partial charge in [-0.15, -0.1) is 0 Å². The Balaban J connectivity index is 1.66. The number of anilines is 1. The molecule has 1 fully saturated rings. The number of amides is 3. The molecule has 0 unspecified atom stereocenters. The average molecular weight is 398 g/mol. The molecule has 0 saturated carbocycles. The minimum atomic E-state index is -0.762. The Morgan fingerprint density at radius 3 is 2.48 bits per heavy atom. The molecule has 1 aromatic heterocycles. The zero-order valence-electron chi connectivity index (χ0n) is 16.4. The largest absolute Gasteiger partial charge is 0.328 e. The summed E-state index contributed by atoms with van der Waals surface area (Å²) in [4.78, 5) is 44.8. The van der Waals surface area contributed by atoms with Gasteiger partial charge in [0.2, 0.25) is 5.91 Å². The molecule has 3 rings (SSSR count). The van der Waals surface area contributed by atoms with E-state index in [4.69, 9.17) is 0 Å². The summed E-state index contributed by atoms with van der Waals surface area (Å²) in [6.07, 6.45) is 2.01. The van der Waals surface area contributed by atoms with Gasteiger partial charge in [0.1, 0.15) is 17.7 Å². The van der Waals surface area contributed by atoms with Crippen molar-refractivity contribution in [3.63, 3.8) is 0 Å². The second-order valence-corrected chi connectivity index (χ2v) is 6.99. The molecular formula is C21H23FN4O3. The molecule has 1 N–H and O–H groups in total. The Hall–Kier alpha value is -3.29. The first-order valence-electron chi connectivity index (χ1n) is 9.47. The molecule has 152 valence electrons. The first kappa shape index (κ1) is 20.4. The molecule has 2 aromatic rings. The van der Waals surface area contributed by atoms with Gasteiger partial charge in [0.05, 0.1) is 0 Å². The zero-order chi connectivity index (χ0) is 21.0. The quantitative estimate of drug-likeness (QED) is 0.756. The van der Waals surface area contributed by atoms with E-state index in [1.807, 2.05) is 13.0 Å². The summed E-state index contributed by atoms with van der Waals surface area (Å²) < 4.78 is 13.1. The van der Waals surface area contributed by atoms with Crippen LogP contribution in [0.2, 0.25) is 0 Å². The molecule has 0 aliphatic carbocycles. The second-order valence-electron chi connectivity index (χ2n) is 6.99. The van der Waals surface area contributed by atoms with Gasteiger partial charge in [-0.3, -0.25) is 14.4 Å². The highest BCUT2D eigenvalue weighted by molar-refractivity contribution is 6.35. The summed E-state index contributed by atoms with van der Waals surface area (Å²) in [7, 11) is 0. The second kappa shape index (κ2) is 8.81. The van der Waals surface area contributed by atoms with Gasteiger partial charge in [0, 0.05) is 25.8 Å². The van der Waals surface area contributed by atoms with Crippen LogP contribution in [0.15, 0.2) is 42.6 Å². The van der Waals surface area contributed by atoms with Crippen molar-refractivity contribution in [3.05, 3.63) is 59.5 Å². The van der Waals surface area contributed by atoms with Crippen molar-refractivity contribution >= 4 is 23.5 Å². The van der Waals surface area contributed by atoms with E-state index in [1.54, 1.807) is 31.3 Å². The van der Waals surface area contributed by atoms with Crippen molar-refractivity contribution in [1.29, 1.82) is 0 Å². The molecule has 2 heterocycles. The van der Waals surface area contributed by atoms with E-state index in [-0.39, 0.29) is 24.8 Å². The van der Waals surface area contributed by atoms with E-state index in [0.717, 1.165) is 11.1 Å². The highest BCUT2D eigenvalue weighted by Gasteiger charge is 2.38. The van der Waals surface area contributed by atoms with Crippen LogP contribution < -0.4 is 5.32 Å². The lowest BCUT2D eigenvalue weighted by Crippen LogP contribution is -2.59. The van der Waals surface area contributed by atoms with Crippen molar-refractivity contribution < 1.29 is 18.8 Å². The highest BCUT2D eigenvalue weighted by atomic mass is 19.1. The molecule has 0 radical (unpaired) electrons. The summed E-state index contributed by atoms with van der Waals surface area (Å²) in [5, 5.41) is 2.70. The number of halogens is 1. The summed E-state index contributed by atoms with van der Waals surface area (Å²) in [6, 6.07) is 8.54. The van der Waals surface area contributed by atoms with E-state index in [2.05, 4.69) is 10.3 Å². The molecule has 1 aliphatic heterocycles. The van der Waals surface area contributed by atoms with Crippen LogP contribution in [0.1, 0.15) is 24.5 Å². The van der Waals surface area contributed by atoms with Crippen molar-refractivity contribution in [2.45, 2.75) is 32.9 Å². The number of hydrogen-bond acceptors (Lipinski definition) is 4. The van der Waals surface area contributed by atoms with Gasteiger partial charge in [0.15, 0.2) is 0 Å². The monoisotopic (exact) mass is 398 g/mol. The number of aryl methyl sites for hydroxylation is 1. The number of nitrogens with zero attached hydrogens (tertiary/aromatic N) is 3. The Morgan fingerprint density at radius 1 is 1.14 bits per heavy atom. The van der Waals surface area contributed by atoms with Gasteiger partial charge in [-0.1, -0.05) is 25.1 Å². The van der Waals surface area contributed by atoms with Crippen LogP contribution in [-0.4, -0.2) is 51.6 Å². The number of rotatable bonds is 6. The number of carbonyl (C=O) groups is 3. The fourth-order valence-electron chi connectivity index (χ4n) is 3.25. The predicted molar refractivity (Wildman–Crippen MR) is 105 cm³/mol. The lowest BCUT2D eigenvalue weighted by atomic mass is 10.1. The number of hydrogen-bond donors (Lipinski definition) is 1. The van der Waals surface area contributed by atoms with Crippen molar-refractivity contribution in [2.24, 2.45) is 0 Å². The third-order valence-electron chi connectivity index (χ3n) is 4.86. The topological polar surface area (TPSA) is 82.6 Å². The number of pyridine rings is 1. The number of piperazine rings is 1. The predicted octanol–water partition coefficient (Wildman–Crippen LogP) is 2.12. The molecule has 3 amide bonds. The minimum Gasteiger partial charge on any atom is -0.328 e. The van der Waals surface area contributed by atoms with Crippen LogP contribution in [0, 0.1) is 12.7 Å². The maximum Gasteiger partial charge on any atom is 0.312 e. The number of carbonyl (C=O) groups excluding carboxylic acids is 3. The fourth-order valence-corrected chi connectivity index (χ4v) is 3.25. The molecule has 8 heteroatoms. The van der Waals surface area contributed by atoms with Gasteiger partial charge in [-0.2, -0.15) is 0 Å². The Bertz CT molecular complexity index is 899. The van der Waals surface area contributed by atoms with Crippen molar-refractivity contribution in [3.8, 4) is 0 Å². The van der Waals surface area contributed by atoms with Crippen LogP contribution >= 0.6 is 0 Å². The third-order valence-corrected chi connectivity index (χ3v) is 4.86. The summed E-state index contributed by atoms with van der Waals surface area (Å²) in [5.74, 6) is -1.72. The highest BCUT2D eigenvalue weighted by Crippen LogP contribution is 2.16. The molecule has 1 aliphatic rings. The molecule has 1 aromatic carbocycles. The van der Waals surface area contributed by atoms with E-state index >= 15 is 0 Å².